The molecule has 1 saturated heterocycles. The number of esters is 4. The summed E-state index contributed by atoms with van der Waals surface area (Å²) in [6, 6.07) is 0. The van der Waals surface area contributed by atoms with E-state index in [2.05, 4.69) is 0 Å². The van der Waals surface area contributed by atoms with Crippen molar-refractivity contribution in [1.82, 2.24) is 0 Å². The lowest BCUT2D eigenvalue weighted by molar-refractivity contribution is -0.294. The second-order valence-corrected chi connectivity index (χ2v) is 10.8. The molecule has 0 aromatic carbocycles. The molecule has 5 atom stereocenters. The summed E-state index contributed by atoms with van der Waals surface area (Å²) in [7, 11) is 1.09. The molecule has 10 nitrogen and oxygen atoms in total. The molecule has 0 aromatic rings. The van der Waals surface area contributed by atoms with Gasteiger partial charge in [-0.1, -0.05) is 0 Å². The monoisotopic (exact) mass is 460 g/mol. The molecule has 10 heteroatoms. The van der Waals surface area contributed by atoms with Gasteiger partial charge in [0.2, 0.25) is 0 Å². The third kappa shape index (κ3) is 6.90. The second-order valence-electron chi connectivity index (χ2n) is 10.8. The van der Waals surface area contributed by atoms with E-state index in [1.165, 1.54) is 0 Å². The van der Waals surface area contributed by atoms with Gasteiger partial charge in [0.15, 0.2) is 30.7 Å². The lowest BCUT2D eigenvalue weighted by Crippen LogP contribution is -2.64. The van der Waals surface area contributed by atoms with Gasteiger partial charge in [0.25, 0.3) is 0 Å². The first-order valence-corrected chi connectivity index (χ1v) is 10.3. The summed E-state index contributed by atoms with van der Waals surface area (Å²) in [5.74, 6) is -3.14. The molecule has 1 heterocycles. The minimum absolute atomic E-state index is 0.723. The van der Waals surface area contributed by atoms with E-state index in [-0.39, 0.29) is 0 Å². The zero-order valence-corrected chi connectivity index (χ0v) is 20.5. The van der Waals surface area contributed by atoms with E-state index in [0.717, 1.165) is 7.11 Å². The zero-order valence-electron chi connectivity index (χ0n) is 20.5. The van der Waals surface area contributed by atoms with Crippen molar-refractivity contribution in [2.45, 2.75) is 93.0 Å². The third-order valence-corrected chi connectivity index (χ3v) is 4.51. The average Bonchev–Trinajstić information content (AvgIpc) is 2.62. The normalized spacial score (nSPS) is 26.7. The molecular weight excluding hydrogens is 424 g/mol. The number of rotatable bonds is 4. The van der Waals surface area contributed by atoms with E-state index < -0.39 is 70.8 Å². The van der Waals surface area contributed by atoms with Crippen molar-refractivity contribution < 1.29 is 48.0 Å². The van der Waals surface area contributed by atoms with Crippen LogP contribution in [0.15, 0.2) is 0 Å². The Labute approximate surface area is 188 Å². The van der Waals surface area contributed by atoms with Gasteiger partial charge in [0.1, 0.15) is 0 Å². The summed E-state index contributed by atoms with van der Waals surface area (Å²) in [6.07, 6.45) is -8.11. The topological polar surface area (TPSA) is 135 Å². The molecule has 0 aliphatic carbocycles. The number of hydrogen-bond donors (Lipinski definition) is 1. The Morgan fingerprint density at radius 1 is 0.656 bits per heavy atom. The van der Waals surface area contributed by atoms with Crippen LogP contribution < -0.4 is 0 Å². The Hall–Kier alpha value is -2.20. The lowest BCUT2D eigenvalue weighted by atomic mass is 9.93. The van der Waals surface area contributed by atoms with Gasteiger partial charge in [-0.25, -0.2) is 4.79 Å². The van der Waals surface area contributed by atoms with E-state index in [1.54, 1.807) is 62.3 Å². The van der Waals surface area contributed by atoms with Gasteiger partial charge >= 0.3 is 23.9 Å². The molecule has 0 spiro atoms. The van der Waals surface area contributed by atoms with Crippen molar-refractivity contribution in [3.8, 4) is 0 Å². The van der Waals surface area contributed by atoms with Crippen LogP contribution in [-0.2, 0) is 42.9 Å². The molecule has 184 valence electrons. The summed E-state index contributed by atoms with van der Waals surface area (Å²) in [4.78, 5) is 50.3. The fourth-order valence-electron chi connectivity index (χ4n) is 2.42. The smallest absolute Gasteiger partial charge is 0.339 e. The average molecular weight is 461 g/mol. The van der Waals surface area contributed by atoms with Gasteiger partial charge in [0, 0.05) is 0 Å². The first-order valence-electron chi connectivity index (χ1n) is 10.3. The summed E-state index contributed by atoms with van der Waals surface area (Å²) in [6.45, 7) is 14.3. The van der Waals surface area contributed by atoms with Crippen LogP contribution in [0.4, 0.5) is 0 Å². The summed E-state index contributed by atoms with van der Waals surface area (Å²) in [5.41, 5.74) is -2.93. The van der Waals surface area contributed by atoms with Crippen molar-refractivity contribution in [2.75, 3.05) is 7.11 Å². The predicted octanol–water partition coefficient (Wildman–Crippen LogP) is 1.75. The summed E-state index contributed by atoms with van der Waals surface area (Å²) in [5, 5.41) is 10.6. The number of carbonyl (C=O) groups excluding carboxylic acids is 4. The minimum atomic E-state index is -1.85. The molecule has 0 amide bonds. The van der Waals surface area contributed by atoms with Crippen LogP contribution in [0.5, 0.6) is 0 Å². The van der Waals surface area contributed by atoms with Crippen molar-refractivity contribution in [3.05, 3.63) is 0 Å². The molecule has 1 rings (SSSR count). The number of methoxy groups -OCH3 is 1. The Bertz CT molecular complexity index is 722. The zero-order chi connectivity index (χ0) is 25.2. The van der Waals surface area contributed by atoms with Crippen LogP contribution >= 0.6 is 0 Å². The number of ether oxygens (including phenoxy) is 5. The van der Waals surface area contributed by atoms with Gasteiger partial charge in [-0.2, -0.15) is 0 Å². The van der Waals surface area contributed by atoms with Crippen LogP contribution in [0.25, 0.3) is 0 Å². The lowest BCUT2D eigenvalue weighted by Gasteiger charge is -2.43. The van der Waals surface area contributed by atoms with Crippen LogP contribution in [0.2, 0.25) is 0 Å². The van der Waals surface area contributed by atoms with Gasteiger partial charge in [-0.15, -0.1) is 0 Å². The number of aliphatic hydroxyl groups is 1. The fraction of sp³-hybridized carbons (Fsp3) is 0.818. The Balaban J connectivity index is 3.51. The number of hydrogen-bond acceptors (Lipinski definition) is 10. The molecule has 0 radical (unpaired) electrons. The standard InChI is InChI=1S/C22H36O10/c1-20(2,3)17(25)30-11-12(31-18(26)21(4,5)6)14(32-19(27)22(7,8)9)16(24)29-13(11)15(23)28-10/h11-14,16,24H,1-10H3/t11-,12-,13-,14+,16?/m0/s1. The SMILES string of the molecule is COC(=O)[C@H]1OC(O)[C@H](OC(=O)C(C)(C)C)[C@@H](OC(=O)C(C)(C)C)[C@@H]1OC(=O)C(C)(C)C. The highest BCUT2D eigenvalue weighted by Crippen LogP contribution is 2.33. The van der Waals surface area contributed by atoms with E-state index in [9.17, 15) is 24.3 Å². The predicted molar refractivity (Wildman–Crippen MR) is 111 cm³/mol. The largest absolute Gasteiger partial charge is 0.467 e. The Morgan fingerprint density at radius 3 is 1.34 bits per heavy atom. The van der Waals surface area contributed by atoms with Crippen molar-refractivity contribution in [1.29, 1.82) is 0 Å². The van der Waals surface area contributed by atoms with Crippen molar-refractivity contribution in [2.24, 2.45) is 16.2 Å². The molecule has 1 fully saturated rings. The van der Waals surface area contributed by atoms with E-state index in [4.69, 9.17) is 23.7 Å². The van der Waals surface area contributed by atoms with E-state index in [0.29, 0.717) is 0 Å². The molecule has 32 heavy (non-hydrogen) atoms. The first-order chi connectivity index (χ1) is 14.3. The number of carbonyl (C=O) groups is 4. The highest BCUT2D eigenvalue weighted by Gasteiger charge is 2.56. The third-order valence-electron chi connectivity index (χ3n) is 4.51. The Kier molecular flexibility index (Phi) is 8.47. The maximum absolute atomic E-state index is 12.7. The van der Waals surface area contributed by atoms with Crippen molar-refractivity contribution >= 4 is 23.9 Å². The molecule has 1 aliphatic rings. The van der Waals surface area contributed by atoms with Crippen LogP contribution in [0, 0.1) is 16.2 Å². The van der Waals surface area contributed by atoms with Crippen LogP contribution in [0.3, 0.4) is 0 Å². The quantitative estimate of drug-likeness (QED) is 0.488. The van der Waals surface area contributed by atoms with Gasteiger partial charge in [-0.3, -0.25) is 14.4 Å². The van der Waals surface area contributed by atoms with Crippen molar-refractivity contribution in [3.63, 3.8) is 0 Å². The maximum atomic E-state index is 12.7. The number of aliphatic hydroxyl groups excluding tert-OH is 1. The summed E-state index contributed by atoms with van der Waals surface area (Å²) < 4.78 is 26.5. The highest BCUT2D eigenvalue weighted by atomic mass is 16.7. The van der Waals surface area contributed by atoms with Crippen LogP contribution in [0.1, 0.15) is 62.3 Å². The molecular formula is C22H36O10. The molecule has 0 saturated carbocycles. The molecule has 0 aromatic heterocycles. The van der Waals surface area contributed by atoms with E-state index >= 15 is 0 Å². The molecule has 1 aliphatic heterocycles. The van der Waals surface area contributed by atoms with Gasteiger partial charge in [-0.05, 0) is 62.3 Å². The van der Waals surface area contributed by atoms with E-state index in [1.807, 2.05) is 0 Å². The molecule has 0 bridgehead atoms. The Morgan fingerprint density at radius 2 is 1.00 bits per heavy atom. The highest BCUT2D eigenvalue weighted by molar-refractivity contribution is 5.80. The van der Waals surface area contributed by atoms with Gasteiger partial charge in [0.05, 0.1) is 23.4 Å². The molecule has 1 unspecified atom stereocenters. The minimum Gasteiger partial charge on any atom is -0.467 e. The second kappa shape index (κ2) is 9.74. The first kappa shape index (κ1) is 27.8. The summed E-state index contributed by atoms with van der Waals surface area (Å²) >= 11 is 0. The van der Waals surface area contributed by atoms with Crippen LogP contribution in [-0.4, -0.2) is 66.8 Å². The molecule has 1 N–H and O–H groups in total. The fourth-order valence-corrected chi connectivity index (χ4v) is 2.42. The van der Waals surface area contributed by atoms with Gasteiger partial charge < -0.3 is 28.8 Å². The maximum Gasteiger partial charge on any atom is 0.339 e.